The number of fused-ring (bicyclic) bond motifs is 8. The van der Waals surface area contributed by atoms with E-state index in [1.807, 2.05) is 11.8 Å². The molecule has 10 aromatic carbocycles. The molecule has 0 heterocycles. The van der Waals surface area contributed by atoms with Gasteiger partial charge in [-0.1, -0.05) is 189 Å². The molecule has 0 fully saturated rings. The van der Waals surface area contributed by atoms with Gasteiger partial charge in [-0.2, -0.15) is 0 Å². The lowest BCUT2D eigenvalue weighted by Gasteiger charge is -2.23. The van der Waals surface area contributed by atoms with Crippen LogP contribution in [0.1, 0.15) is 25.0 Å². The Labute approximate surface area is 332 Å². The number of rotatable bonds is 5. The molecule has 1 aliphatic carbocycles. The first kappa shape index (κ1) is 33.0. The molecule has 11 rings (SSSR count). The highest BCUT2D eigenvalue weighted by Crippen LogP contribution is 2.53. The highest BCUT2D eigenvalue weighted by Gasteiger charge is 2.37. The minimum Gasteiger partial charge on any atom is -0.0901 e. The van der Waals surface area contributed by atoms with Gasteiger partial charge in [0.15, 0.2) is 0 Å². The van der Waals surface area contributed by atoms with Gasteiger partial charge in [0.25, 0.3) is 0 Å². The first-order valence-corrected chi connectivity index (χ1v) is 20.3. The highest BCUT2D eigenvalue weighted by atomic mass is 32.2. The third-order valence-corrected chi connectivity index (χ3v) is 13.1. The van der Waals surface area contributed by atoms with E-state index in [0.717, 1.165) is 0 Å². The summed E-state index contributed by atoms with van der Waals surface area (Å²) in [6.45, 7) is 4.75. The van der Waals surface area contributed by atoms with E-state index < -0.39 is 0 Å². The smallest absolute Gasteiger partial charge is 0.0159 e. The predicted octanol–water partition coefficient (Wildman–Crippen LogP) is 15.8. The molecule has 0 saturated heterocycles. The van der Waals surface area contributed by atoms with Crippen LogP contribution >= 0.6 is 11.8 Å². The first-order chi connectivity index (χ1) is 27.5. The Kier molecular flexibility index (Phi) is 7.56. The number of hydrogen-bond acceptors (Lipinski definition) is 1. The lowest BCUT2D eigenvalue weighted by molar-refractivity contribution is 0.661. The molecule has 0 radical (unpaired) electrons. The second-order valence-electron chi connectivity index (χ2n) is 15.6. The van der Waals surface area contributed by atoms with Gasteiger partial charge in [-0.05, 0) is 129 Å². The lowest BCUT2D eigenvalue weighted by atomic mass is 9.80. The van der Waals surface area contributed by atoms with E-state index in [1.165, 1.54) is 109 Å². The van der Waals surface area contributed by atoms with Crippen molar-refractivity contribution in [1.82, 2.24) is 0 Å². The van der Waals surface area contributed by atoms with Crippen LogP contribution in [0.5, 0.6) is 0 Å². The fourth-order valence-corrected chi connectivity index (χ4v) is 10.3. The molecule has 0 atom stereocenters. The summed E-state index contributed by atoms with van der Waals surface area (Å²) in [5, 5.41) is 10.3. The second kappa shape index (κ2) is 12.8. The molecule has 1 aliphatic rings. The monoisotopic (exact) mass is 730 g/mol. The maximum absolute atomic E-state index is 2.47. The Morgan fingerprint density at radius 1 is 0.321 bits per heavy atom. The number of benzene rings is 10. The van der Waals surface area contributed by atoms with Gasteiger partial charge in [0.1, 0.15) is 0 Å². The molecule has 0 nitrogen and oxygen atoms in total. The summed E-state index contributed by atoms with van der Waals surface area (Å²) in [5.41, 5.74) is 13.1. The topological polar surface area (TPSA) is 0 Å². The molecule has 56 heavy (non-hydrogen) atoms. The highest BCUT2D eigenvalue weighted by molar-refractivity contribution is 7.99. The maximum Gasteiger partial charge on any atom is 0.0159 e. The van der Waals surface area contributed by atoms with E-state index in [1.54, 1.807) is 0 Å². The van der Waals surface area contributed by atoms with E-state index >= 15 is 0 Å². The molecule has 1 heteroatoms. The average molecular weight is 731 g/mol. The predicted molar refractivity (Wildman–Crippen MR) is 241 cm³/mol. The minimum atomic E-state index is -0.0688. The molecule has 0 N–H and O–H groups in total. The van der Waals surface area contributed by atoms with Gasteiger partial charge in [0.05, 0.1) is 0 Å². The summed E-state index contributed by atoms with van der Waals surface area (Å²) < 4.78 is 0. The van der Waals surface area contributed by atoms with Gasteiger partial charge in [0.2, 0.25) is 0 Å². The zero-order chi connectivity index (χ0) is 37.4. The van der Waals surface area contributed by atoms with E-state index in [0.29, 0.717) is 0 Å². The summed E-state index contributed by atoms with van der Waals surface area (Å²) >= 11 is 1.82. The van der Waals surface area contributed by atoms with Crippen LogP contribution in [-0.4, -0.2) is 0 Å². The van der Waals surface area contributed by atoms with Crippen LogP contribution in [0.15, 0.2) is 204 Å². The van der Waals surface area contributed by atoms with Crippen LogP contribution in [0.3, 0.4) is 0 Å². The van der Waals surface area contributed by atoms with Crippen molar-refractivity contribution in [3.8, 4) is 44.5 Å². The maximum atomic E-state index is 2.47. The van der Waals surface area contributed by atoms with Crippen LogP contribution in [0, 0.1) is 0 Å². The molecule has 0 aliphatic heterocycles. The SMILES string of the molecule is CC1(C)c2ccccc2-c2c1cc(-c1ccc(-c3c4ccccc4c(-c4ccc(Sc5ccc6ccccc6c5)cc4)c4ccccc34)cc1)c1ccccc21. The third-order valence-electron chi connectivity index (χ3n) is 12.1. The zero-order valence-electron chi connectivity index (χ0n) is 31.4. The Bertz CT molecular complexity index is 3110. The third kappa shape index (κ3) is 5.15. The molecule has 0 amide bonds. The normalized spacial score (nSPS) is 13.0. The molecular weight excluding hydrogens is 693 g/mol. The van der Waals surface area contributed by atoms with E-state index in [2.05, 4.69) is 208 Å². The molecule has 0 bridgehead atoms. The van der Waals surface area contributed by atoms with Crippen LogP contribution < -0.4 is 0 Å². The fourth-order valence-electron chi connectivity index (χ4n) is 9.41. The molecule has 0 aromatic heterocycles. The van der Waals surface area contributed by atoms with E-state index in [-0.39, 0.29) is 5.41 Å². The van der Waals surface area contributed by atoms with Gasteiger partial charge in [0, 0.05) is 15.2 Å². The fraction of sp³-hybridized carbons (Fsp3) is 0.0545. The molecular formula is C55H38S. The molecule has 0 unspecified atom stereocenters. The standard InChI is InChI=1S/C55H38S/c1-55(2)50-22-12-11-21-48(50)54-43-16-6-5-15-42(43)49(34-51(54)55)36-23-25-37(26-24-36)52-44-17-7-9-19-46(44)53(47-20-10-8-18-45(47)52)38-28-30-40(31-29-38)56-41-32-27-35-13-3-4-14-39(35)33-41/h3-34H,1-2H3. The Hall–Kier alpha value is -6.41. The average Bonchev–Trinajstić information content (AvgIpc) is 3.48. The van der Waals surface area contributed by atoms with Gasteiger partial charge >= 0.3 is 0 Å². The zero-order valence-corrected chi connectivity index (χ0v) is 32.2. The van der Waals surface area contributed by atoms with Crippen molar-refractivity contribution in [2.75, 3.05) is 0 Å². The Morgan fingerprint density at radius 3 is 1.41 bits per heavy atom. The molecule has 264 valence electrons. The van der Waals surface area contributed by atoms with Crippen LogP contribution in [0.2, 0.25) is 0 Å². The summed E-state index contributed by atoms with van der Waals surface area (Å²) in [5.74, 6) is 0. The van der Waals surface area contributed by atoms with E-state index in [9.17, 15) is 0 Å². The summed E-state index contributed by atoms with van der Waals surface area (Å²) in [6, 6.07) is 72.1. The van der Waals surface area contributed by atoms with Gasteiger partial charge in [-0.15, -0.1) is 0 Å². The van der Waals surface area contributed by atoms with Gasteiger partial charge < -0.3 is 0 Å². The van der Waals surface area contributed by atoms with Crippen molar-refractivity contribution in [3.05, 3.63) is 205 Å². The lowest BCUT2D eigenvalue weighted by Crippen LogP contribution is -2.15. The van der Waals surface area contributed by atoms with Gasteiger partial charge in [-0.25, -0.2) is 0 Å². The summed E-state index contributed by atoms with van der Waals surface area (Å²) in [4.78, 5) is 2.49. The van der Waals surface area contributed by atoms with Crippen molar-refractivity contribution in [2.24, 2.45) is 0 Å². The van der Waals surface area contributed by atoms with Gasteiger partial charge in [-0.3, -0.25) is 0 Å². The Balaban J connectivity index is 1.01. The van der Waals surface area contributed by atoms with Crippen LogP contribution in [-0.2, 0) is 5.41 Å². The minimum absolute atomic E-state index is 0.0688. The molecule has 0 saturated carbocycles. The van der Waals surface area contributed by atoms with Crippen molar-refractivity contribution in [2.45, 2.75) is 29.1 Å². The number of hydrogen-bond donors (Lipinski definition) is 0. The quantitative estimate of drug-likeness (QED) is 0.159. The summed E-state index contributed by atoms with van der Waals surface area (Å²) in [7, 11) is 0. The van der Waals surface area contributed by atoms with Crippen molar-refractivity contribution < 1.29 is 0 Å². The van der Waals surface area contributed by atoms with E-state index in [4.69, 9.17) is 0 Å². The summed E-state index contributed by atoms with van der Waals surface area (Å²) in [6.07, 6.45) is 0. The largest absolute Gasteiger partial charge is 0.0901 e. The molecule has 0 spiro atoms. The first-order valence-electron chi connectivity index (χ1n) is 19.5. The van der Waals surface area contributed by atoms with Crippen molar-refractivity contribution >= 4 is 54.9 Å². The molecule has 10 aromatic rings. The Morgan fingerprint density at radius 2 is 0.786 bits per heavy atom. The van der Waals surface area contributed by atoms with Crippen LogP contribution in [0.4, 0.5) is 0 Å². The van der Waals surface area contributed by atoms with Crippen molar-refractivity contribution in [1.29, 1.82) is 0 Å². The van der Waals surface area contributed by atoms with Crippen molar-refractivity contribution in [3.63, 3.8) is 0 Å². The second-order valence-corrected chi connectivity index (χ2v) is 16.8. The van der Waals surface area contributed by atoms with Crippen LogP contribution in [0.25, 0.3) is 87.6 Å².